The van der Waals surface area contributed by atoms with E-state index >= 15 is 0 Å². The zero-order valence-electron chi connectivity index (χ0n) is 17.2. The van der Waals surface area contributed by atoms with Crippen LogP contribution in [0.3, 0.4) is 0 Å². The summed E-state index contributed by atoms with van der Waals surface area (Å²) in [7, 11) is 0. The number of amides is 2. The molecule has 0 aromatic heterocycles. The summed E-state index contributed by atoms with van der Waals surface area (Å²) in [5, 5.41) is 0. The number of imide groups is 1. The summed E-state index contributed by atoms with van der Waals surface area (Å²) < 4.78 is 5.32. The highest BCUT2D eigenvalue weighted by Crippen LogP contribution is 2.56. The molecule has 2 aliphatic carbocycles. The van der Waals surface area contributed by atoms with Crippen molar-refractivity contribution in [2.24, 2.45) is 23.7 Å². The molecule has 2 aromatic rings. The number of benzene rings is 2. The maximum Gasteiger partial charge on any atom is 0.338 e. The molecule has 3 fully saturated rings. The third-order valence-electron chi connectivity index (χ3n) is 7.00. The molecule has 2 bridgehead atoms. The number of rotatable bonds is 5. The van der Waals surface area contributed by atoms with E-state index in [9.17, 15) is 19.2 Å². The van der Waals surface area contributed by atoms with Crippen LogP contribution in [-0.2, 0) is 14.3 Å². The Morgan fingerprint density at radius 3 is 2.03 bits per heavy atom. The van der Waals surface area contributed by atoms with Gasteiger partial charge in [-0.05, 0) is 62.3 Å². The maximum absolute atomic E-state index is 12.9. The number of ether oxygens (including phenoxy) is 1. The second-order valence-electron chi connectivity index (χ2n) is 8.72. The first-order valence-corrected chi connectivity index (χ1v) is 10.7. The summed E-state index contributed by atoms with van der Waals surface area (Å²) >= 11 is 0. The van der Waals surface area contributed by atoms with Crippen LogP contribution in [0.5, 0.6) is 0 Å². The fraction of sp³-hybridized carbons (Fsp3) is 0.360. The number of esters is 1. The Balaban J connectivity index is 1.28. The molecule has 5 rings (SSSR count). The Bertz CT molecular complexity index is 1030. The van der Waals surface area contributed by atoms with Gasteiger partial charge in [0.1, 0.15) is 0 Å². The third-order valence-corrected chi connectivity index (χ3v) is 7.00. The van der Waals surface area contributed by atoms with Crippen molar-refractivity contribution < 1.29 is 23.9 Å². The molecular formula is C25H23NO5. The van der Waals surface area contributed by atoms with Gasteiger partial charge in [-0.15, -0.1) is 0 Å². The van der Waals surface area contributed by atoms with E-state index in [4.69, 9.17) is 4.74 Å². The van der Waals surface area contributed by atoms with Gasteiger partial charge < -0.3 is 4.74 Å². The van der Waals surface area contributed by atoms with Gasteiger partial charge in [-0.2, -0.15) is 0 Å². The number of hydrogen-bond acceptors (Lipinski definition) is 5. The van der Waals surface area contributed by atoms with Crippen LogP contribution < -0.4 is 4.90 Å². The molecule has 2 saturated carbocycles. The van der Waals surface area contributed by atoms with Crippen LogP contribution >= 0.6 is 0 Å². The number of nitrogens with zero attached hydrogens (tertiary/aromatic N) is 1. The summed E-state index contributed by atoms with van der Waals surface area (Å²) in [6, 6.07) is 14.9. The van der Waals surface area contributed by atoms with Gasteiger partial charge >= 0.3 is 5.97 Å². The van der Waals surface area contributed by atoms with Crippen LogP contribution in [0.1, 0.15) is 46.9 Å². The van der Waals surface area contributed by atoms with E-state index in [0.717, 1.165) is 19.3 Å². The normalized spacial score (nSPS) is 27.3. The number of Topliss-reactive ketones (excluding diaryl/α,β-unsaturated/α-hetero) is 1. The zero-order chi connectivity index (χ0) is 21.7. The van der Waals surface area contributed by atoms with Gasteiger partial charge in [-0.3, -0.25) is 19.3 Å². The number of carbonyl (C=O) groups is 4. The number of carbonyl (C=O) groups excluding carboxylic acids is 4. The van der Waals surface area contributed by atoms with Crippen molar-refractivity contribution in [1.82, 2.24) is 0 Å². The lowest BCUT2D eigenvalue weighted by Gasteiger charge is -2.19. The Kier molecular flexibility index (Phi) is 4.73. The largest absolute Gasteiger partial charge is 0.451 e. The number of anilines is 1. The van der Waals surface area contributed by atoms with E-state index in [1.165, 1.54) is 24.0 Å². The number of fused-ring (bicyclic) bond motifs is 5. The van der Waals surface area contributed by atoms with Gasteiger partial charge in [0.05, 0.1) is 23.1 Å². The Hall–Kier alpha value is -3.28. The molecule has 6 nitrogen and oxygen atoms in total. The lowest BCUT2D eigenvalue weighted by atomic mass is 9.81. The average molecular weight is 417 g/mol. The van der Waals surface area contributed by atoms with Crippen LogP contribution in [-0.4, -0.2) is 29.7 Å². The number of hydrogen-bond donors (Lipinski definition) is 0. The summed E-state index contributed by atoms with van der Waals surface area (Å²) in [5.74, 6) is -0.832. The Morgan fingerprint density at radius 1 is 0.871 bits per heavy atom. The minimum absolute atomic E-state index is 0.111. The molecule has 6 heteroatoms. The van der Waals surface area contributed by atoms with Crippen LogP contribution in [0.15, 0.2) is 54.6 Å². The fourth-order valence-electron chi connectivity index (χ4n) is 5.53. The molecule has 1 aliphatic heterocycles. The van der Waals surface area contributed by atoms with E-state index in [-0.39, 0.29) is 35.0 Å². The third kappa shape index (κ3) is 3.17. The highest BCUT2D eigenvalue weighted by molar-refractivity contribution is 6.22. The maximum atomic E-state index is 12.9. The molecule has 0 spiro atoms. The Morgan fingerprint density at radius 2 is 1.45 bits per heavy atom. The second kappa shape index (κ2) is 7.45. The van der Waals surface area contributed by atoms with Gasteiger partial charge in [0, 0.05) is 5.56 Å². The van der Waals surface area contributed by atoms with Crippen molar-refractivity contribution in [3.05, 3.63) is 65.7 Å². The summed E-state index contributed by atoms with van der Waals surface area (Å²) in [6.45, 7) is 1.54. The molecule has 1 saturated heterocycles. The topological polar surface area (TPSA) is 80.8 Å². The predicted molar refractivity (Wildman–Crippen MR) is 112 cm³/mol. The van der Waals surface area contributed by atoms with Crippen molar-refractivity contribution in [2.45, 2.75) is 32.3 Å². The molecular weight excluding hydrogens is 394 g/mol. The molecule has 31 heavy (non-hydrogen) atoms. The molecule has 0 unspecified atom stereocenters. The Labute approximate surface area is 180 Å². The van der Waals surface area contributed by atoms with Gasteiger partial charge in [0.2, 0.25) is 17.6 Å². The first-order chi connectivity index (χ1) is 15.0. The molecule has 2 aromatic carbocycles. The summed E-state index contributed by atoms with van der Waals surface area (Å²) in [5.41, 5.74) is 1.22. The van der Waals surface area contributed by atoms with E-state index in [1.807, 2.05) is 6.07 Å². The average Bonchev–Trinajstić information content (AvgIpc) is 3.47. The van der Waals surface area contributed by atoms with Crippen molar-refractivity contribution in [3.63, 3.8) is 0 Å². The van der Waals surface area contributed by atoms with Crippen molar-refractivity contribution >= 4 is 29.3 Å². The first kappa shape index (κ1) is 19.7. The molecule has 0 N–H and O–H groups in total. The molecule has 158 valence electrons. The van der Waals surface area contributed by atoms with Crippen LogP contribution in [0, 0.1) is 23.7 Å². The molecule has 5 atom stereocenters. The van der Waals surface area contributed by atoms with Crippen LogP contribution in [0.2, 0.25) is 0 Å². The minimum Gasteiger partial charge on any atom is -0.451 e. The number of ketones is 1. The quantitative estimate of drug-likeness (QED) is 0.421. The smallest absolute Gasteiger partial charge is 0.338 e. The zero-order valence-corrected chi connectivity index (χ0v) is 17.2. The second-order valence-corrected chi connectivity index (χ2v) is 8.72. The van der Waals surface area contributed by atoms with Crippen molar-refractivity contribution in [2.75, 3.05) is 4.90 Å². The van der Waals surface area contributed by atoms with E-state index < -0.39 is 12.1 Å². The van der Waals surface area contributed by atoms with Crippen molar-refractivity contribution in [1.29, 1.82) is 0 Å². The van der Waals surface area contributed by atoms with Crippen LogP contribution in [0.4, 0.5) is 5.69 Å². The molecule has 2 amide bonds. The van der Waals surface area contributed by atoms with Gasteiger partial charge in [0.25, 0.3) is 0 Å². The summed E-state index contributed by atoms with van der Waals surface area (Å²) in [4.78, 5) is 52.1. The SMILES string of the molecule is C[C@@H](OC(=O)c1ccc(N2C(=O)[C@H]3[C@@H]4CC[C@@H](C4)[C@@H]3C2=O)cc1)C(=O)c1ccccc1. The van der Waals surface area contributed by atoms with E-state index in [1.54, 1.807) is 36.4 Å². The lowest BCUT2D eigenvalue weighted by molar-refractivity contribution is -0.123. The fourth-order valence-corrected chi connectivity index (χ4v) is 5.53. The molecule has 3 aliphatic rings. The predicted octanol–water partition coefficient (Wildman–Crippen LogP) is 3.65. The first-order valence-electron chi connectivity index (χ1n) is 10.7. The van der Waals surface area contributed by atoms with Gasteiger partial charge in [-0.25, -0.2) is 4.79 Å². The summed E-state index contributed by atoms with van der Waals surface area (Å²) in [6.07, 6.45) is 2.13. The van der Waals surface area contributed by atoms with Gasteiger partial charge in [0.15, 0.2) is 6.10 Å². The molecule has 1 heterocycles. The highest BCUT2D eigenvalue weighted by atomic mass is 16.5. The van der Waals surface area contributed by atoms with E-state index in [2.05, 4.69) is 0 Å². The molecule has 0 radical (unpaired) electrons. The van der Waals surface area contributed by atoms with E-state index in [0.29, 0.717) is 23.1 Å². The van der Waals surface area contributed by atoms with Crippen molar-refractivity contribution in [3.8, 4) is 0 Å². The standard InChI is InChI=1S/C25H23NO5/c1-14(22(27)15-5-3-2-4-6-15)31-25(30)16-9-11-19(12-10-16)26-23(28)20-17-7-8-18(13-17)21(20)24(26)29/h2-6,9-12,14,17-18,20-21H,7-8,13H2,1H3/t14-,17-,18+,20+,21+/m1/s1. The minimum atomic E-state index is -0.925. The monoisotopic (exact) mass is 417 g/mol. The van der Waals surface area contributed by atoms with Gasteiger partial charge in [-0.1, -0.05) is 30.3 Å². The highest BCUT2D eigenvalue weighted by Gasteiger charge is 2.61. The lowest BCUT2D eigenvalue weighted by Crippen LogP contribution is -2.32. The van der Waals surface area contributed by atoms with Crippen LogP contribution in [0.25, 0.3) is 0 Å².